The van der Waals surface area contributed by atoms with E-state index in [1.807, 2.05) is 0 Å². The molecule has 0 bridgehead atoms. The van der Waals surface area contributed by atoms with E-state index in [0.29, 0.717) is 18.7 Å². The first-order valence-electron chi connectivity index (χ1n) is 9.50. The van der Waals surface area contributed by atoms with E-state index in [1.165, 1.54) is 23.0 Å². The molecule has 34 heavy (non-hydrogen) atoms. The van der Waals surface area contributed by atoms with E-state index in [-0.39, 0.29) is 28.4 Å². The van der Waals surface area contributed by atoms with Gasteiger partial charge in [-0.05, 0) is 0 Å². The zero-order chi connectivity index (χ0) is 24.4. The van der Waals surface area contributed by atoms with Crippen LogP contribution < -0.4 is 16.8 Å². The van der Waals surface area contributed by atoms with Gasteiger partial charge in [0.25, 0.3) is 18.7 Å². The molecule has 1 aromatic rings. The van der Waals surface area contributed by atoms with E-state index >= 15 is 0 Å². The Morgan fingerprint density at radius 3 is 2.82 bits per heavy atom. The molecule has 0 saturated carbocycles. The number of aliphatic imine (C=N–C) groups is 1. The Balaban J connectivity index is 1.51. The largest absolute Gasteiger partial charge is 0.477 e. The van der Waals surface area contributed by atoms with Crippen LogP contribution >= 0.6 is 23.3 Å². The molecule has 2 atom stereocenters. The van der Waals surface area contributed by atoms with Crippen LogP contribution in [-0.2, 0) is 19.2 Å². The third-order valence-corrected chi connectivity index (χ3v) is 6.61. The fraction of sp³-hybridized carbons (Fsp3) is 0.375. The maximum Gasteiger partial charge on any atom is 0.353 e. The molecule has 4 heterocycles. The molecule has 3 aliphatic rings. The summed E-state index contributed by atoms with van der Waals surface area (Å²) in [6, 6.07) is -1.07. The molecule has 1 saturated heterocycles. The molecule has 0 radical (unpaired) electrons. The number of alkyl halides is 1. The number of nitrogens with zero attached hydrogens (tertiary/aromatic N) is 7. The lowest BCUT2D eigenvalue weighted by atomic mass is 10.0. The zero-order valence-electron chi connectivity index (χ0n) is 17.1. The van der Waals surface area contributed by atoms with Gasteiger partial charge in [-0.15, -0.1) is 11.8 Å². The van der Waals surface area contributed by atoms with Gasteiger partial charge < -0.3 is 26.7 Å². The minimum Gasteiger partial charge on any atom is -0.477 e. The summed E-state index contributed by atoms with van der Waals surface area (Å²) >= 11 is 2.01. The minimum absolute atomic E-state index is 0.0388. The highest BCUT2D eigenvalue weighted by Crippen LogP contribution is 2.40. The zero-order valence-corrected chi connectivity index (χ0v) is 18.8. The SMILES string of the molecule is NC1=NCCN1N=CC1=C(C(=O)O)N2C(=O)C(NC(=O)C(=NOCF)c3nsc(N)n3)[C@@H]2SC1. The van der Waals surface area contributed by atoms with E-state index in [9.17, 15) is 23.9 Å². The van der Waals surface area contributed by atoms with E-state index in [0.717, 1.165) is 16.4 Å². The van der Waals surface area contributed by atoms with Crippen LogP contribution in [0.1, 0.15) is 5.82 Å². The first-order chi connectivity index (χ1) is 16.3. The minimum atomic E-state index is -1.33. The molecular formula is C16H17FN10O5S2. The number of nitrogen functional groups attached to an aromatic ring is 1. The van der Waals surface area contributed by atoms with Crippen LogP contribution in [-0.4, -0.2) is 97.2 Å². The number of amides is 2. The van der Waals surface area contributed by atoms with Crippen molar-refractivity contribution >= 4 is 64.1 Å². The molecule has 3 aliphatic heterocycles. The van der Waals surface area contributed by atoms with Crippen molar-refractivity contribution in [3.8, 4) is 0 Å². The van der Waals surface area contributed by atoms with Gasteiger partial charge in [0, 0.05) is 22.9 Å². The number of anilines is 1. The predicted molar refractivity (Wildman–Crippen MR) is 119 cm³/mol. The summed E-state index contributed by atoms with van der Waals surface area (Å²) in [6.45, 7) is -0.376. The van der Waals surface area contributed by atoms with Crippen LogP contribution in [0.15, 0.2) is 26.5 Å². The summed E-state index contributed by atoms with van der Waals surface area (Å²) in [5.74, 6) is -2.69. The number of nitrogens with one attached hydrogen (secondary N) is 1. The number of aromatic nitrogens is 2. The Morgan fingerprint density at radius 2 is 2.21 bits per heavy atom. The van der Waals surface area contributed by atoms with Crippen molar-refractivity contribution in [1.29, 1.82) is 0 Å². The van der Waals surface area contributed by atoms with Crippen LogP contribution in [0, 0.1) is 0 Å². The number of hydrogen-bond acceptors (Lipinski definition) is 14. The lowest BCUT2D eigenvalue weighted by Gasteiger charge is -2.49. The van der Waals surface area contributed by atoms with Crippen LogP contribution in [0.2, 0.25) is 0 Å². The summed E-state index contributed by atoms with van der Waals surface area (Å²) in [4.78, 5) is 50.6. The Bertz CT molecular complexity index is 1150. The number of rotatable bonds is 8. The van der Waals surface area contributed by atoms with Crippen molar-refractivity contribution < 1.29 is 28.7 Å². The number of carboxylic acid groups (broad SMARTS) is 1. The molecule has 1 aromatic heterocycles. The first-order valence-corrected chi connectivity index (χ1v) is 11.3. The number of guanidine groups is 1. The average Bonchev–Trinajstić information content (AvgIpc) is 3.43. The average molecular weight is 513 g/mol. The molecule has 2 amide bonds. The van der Waals surface area contributed by atoms with Crippen molar-refractivity contribution in [2.45, 2.75) is 11.4 Å². The summed E-state index contributed by atoms with van der Waals surface area (Å²) in [6.07, 6.45) is 1.33. The van der Waals surface area contributed by atoms with Gasteiger partial charge in [-0.3, -0.25) is 14.5 Å². The number of hydrogen-bond donors (Lipinski definition) is 4. The van der Waals surface area contributed by atoms with Crippen molar-refractivity contribution in [2.24, 2.45) is 21.0 Å². The quantitative estimate of drug-likeness (QED) is 0.172. The Kier molecular flexibility index (Phi) is 6.59. The number of nitrogens with two attached hydrogens (primary N) is 2. The van der Waals surface area contributed by atoms with Crippen molar-refractivity contribution in [3.05, 3.63) is 17.1 Å². The topological polar surface area (TPSA) is 214 Å². The number of aliphatic carboxylic acids is 1. The van der Waals surface area contributed by atoms with Gasteiger partial charge in [0.15, 0.2) is 5.13 Å². The molecule has 15 nitrogen and oxygen atoms in total. The van der Waals surface area contributed by atoms with Gasteiger partial charge in [-0.25, -0.2) is 19.2 Å². The van der Waals surface area contributed by atoms with E-state index < -0.39 is 41.8 Å². The van der Waals surface area contributed by atoms with Gasteiger partial charge in [0.2, 0.25) is 17.5 Å². The number of carbonyl (C=O) groups excluding carboxylic acids is 2. The number of β-lactam (4-membered cyclic amide) rings is 1. The third kappa shape index (κ3) is 4.36. The Hall–Kier alpha value is -3.80. The number of carbonyl (C=O) groups is 3. The maximum absolute atomic E-state index is 12.8. The summed E-state index contributed by atoms with van der Waals surface area (Å²) < 4.78 is 16.3. The van der Waals surface area contributed by atoms with E-state index in [4.69, 9.17) is 11.5 Å². The third-order valence-electron chi connectivity index (χ3n) is 4.76. The molecule has 0 aromatic carbocycles. The van der Waals surface area contributed by atoms with Crippen molar-refractivity contribution in [2.75, 3.05) is 31.4 Å². The van der Waals surface area contributed by atoms with Gasteiger partial charge in [0.1, 0.15) is 17.1 Å². The molecule has 0 spiro atoms. The molecular weight excluding hydrogens is 495 g/mol. The second-order valence-electron chi connectivity index (χ2n) is 6.78. The van der Waals surface area contributed by atoms with E-state index in [2.05, 4.69) is 34.8 Å². The molecule has 18 heteroatoms. The Morgan fingerprint density at radius 1 is 1.41 bits per heavy atom. The highest BCUT2D eigenvalue weighted by Gasteiger charge is 2.54. The van der Waals surface area contributed by atoms with Crippen LogP contribution in [0.25, 0.3) is 0 Å². The smallest absolute Gasteiger partial charge is 0.353 e. The Labute approximate surface area is 198 Å². The molecule has 1 unspecified atom stereocenters. The molecule has 6 N–H and O–H groups in total. The second-order valence-corrected chi connectivity index (χ2v) is 8.67. The monoisotopic (exact) mass is 512 g/mol. The summed E-state index contributed by atoms with van der Waals surface area (Å²) in [7, 11) is 0. The molecule has 180 valence electrons. The van der Waals surface area contributed by atoms with E-state index in [1.54, 1.807) is 0 Å². The highest BCUT2D eigenvalue weighted by atomic mass is 32.2. The fourth-order valence-electron chi connectivity index (χ4n) is 3.27. The summed E-state index contributed by atoms with van der Waals surface area (Å²) in [5.41, 5.74) is 10.8. The molecule has 0 aliphatic carbocycles. The lowest BCUT2D eigenvalue weighted by Crippen LogP contribution is -2.71. The van der Waals surface area contributed by atoms with Crippen LogP contribution in [0.5, 0.6) is 0 Å². The molecule has 1 fully saturated rings. The number of hydrazone groups is 1. The van der Waals surface area contributed by atoms with Gasteiger partial charge >= 0.3 is 5.97 Å². The van der Waals surface area contributed by atoms with Gasteiger partial charge in [-0.1, -0.05) is 5.16 Å². The fourth-order valence-corrected chi connectivity index (χ4v) is 5.00. The lowest BCUT2D eigenvalue weighted by molar-refractivity contribution is -0.150. The van der Waals surface area contributed by atoms with Crippen LogP contribution in [0.3, 0.4) is 0 Å². The summed E-state index contributed by atoms with van der Waals surface area (Å²) in [5, 5.41) is 20.5. The van der Waals surface area contributed by atoms with Crippen molar-refractivity contribution in [3.63, 3.8) is 0 Å². The molecule has 4 rings (SSSR count). The highest BCUT2D eigenvalue weighted by molar-refractivity contribution is 8.00. The second kappa shape index (κ2) is 9.59. The van der Waals surface area contributed by atoms with Crippen molar-refractivity contribution in [1.82, 2.24) is 24.6 Å². The van der Waals surface area contributed by atoms with Gasteiger partial charge in [-0.2, -0.15) is 14.5 Å². The first kappa shape index (κ1) is 23.4. The van der Waals surface area contributed by atoms with Gasteiger partial charge in [0.05, 0.1) is 19.3 Å². The number of fused-ring (bicyclic) bond motifs is 1. The number of thioether (sulfide) groups is 1. The number of halogens is 1. The standard InChI is InChI=1S/C16H17FN10O5S2/c17-5-32-24-7(10-23-16(19)34-25-10)11(28)22-8-12(29)27-9(14(30)31)6(4-33-13(8)27)3-21-26-2-1-20-15(26)18/h3,8,13H,1-2,4-5H2,(H2,18,20)(H,22,28)(H,30,31)(H2,19,23,25)/t8?,13-/m0/s1. The normalized spacial score (nSPS) is 22.6. The number of oxime groups is 1. The number of carboxylic acids is 1. The maximum atomic E-state index is 12.8. The van der Waals surface area contributed by atoms with Crippen LogP contribution in [0.4, 0.5) is 9.52 Å². The predicted octanol–water partition coefficient (Wildman–Crippen LogP) is -1.88.